The summed E-state index contributed by atoms with van der Waals surface area (Å²) < 4.78 is 0. The van der Waals surface area contributed by atoms with Crippen LogP contribution in [-0.2, 0) is 0 Å². The van der Waals surface area contributed by atoms with Gasteiger partial charge in [-0.25, -0.2) is 0 Å². The normalized spacial score (nSPS) is 14.3. The molecule has 2 rings (SSSR count). The Kier molecular flexibility index (Phi) is 2.26. The maximum absolute atomic E-state index is 10.7. The van der Waals surface area contributed by atoms with Crippen molar-refractivity contribution in [3.8, 4) is 6.07 Å². The highest BCUT2D eigenvalue weighted by Gasteiger charge is 2.22. The second-order valence-electron chi connectivity index (χ2n) is 3.52. The molecule has 0 spiro atoms. The average Bonchev–Trinajstić information content (AvgIpc) is 3.01. The van der Waals surface area contributed by atoms with E-state index in [4.69, 9.17) is 5.26 Å². The Morgan fingerprint density at radius 1 is 1.53 bits per heavy atom. The smallest absolute Gasteiger partial charge is 0.289 e. The van der Waals surface area contributed by atoms with Gasteiger partial charge in [0.2, 0.25) is 0 Å². The van der Waals surface area contributed by atoms with Gasteiger partial charge in [-0.2, -0.15) is 5.26 Å². The Hall–Kier alpha value is -2.09. The number of benzene rings is 1. The predicted molar refractivity (Wildman–Crippen MR) is 54.5 cm³/mol. The molecule has 0 aliphatic heterocycles. The molecule has 1 saturated carbocycles. The molecule has 0 aromatic heterocycles. The minimum absolute atomic E-state index is 0.0985. The third kappa shape index (κ3) is 2.05. The van der Waals surface area contributed by atoms with Gasteiger partial charge in [0, 0.05) is 17.8 Å². The van der Waals surface area contributed by atoms with Gasteiger partial charge in [-0.1, -0.05) is 0 Å². The van der Waals surface area contributed by atoms with Crippen LogP contribution in [-0.4, -0.2) is 11.0 Å². The molecular weight excluding hydrogens is 194 g/mol. The van der Waals surface area contributed by atoms with Crippen molar-refractivity contribution in [2.45, 2.75) is 18.9 Å². The van der Waals surface area contributed by atoms with Crippen LogP contribution in [0.15, 0.2) is 18.2 Å². The Morgan fingerprint density at radius 2 is 2.27 bits per heavy atom. The molecule has 1 N–H and O–H groups in total. The summed E-state index contributed by atoms with van der Waals surface area (Å²) in [5, 5.41) is 22.5. The second-order valence-corrected chi connectivity index (χ2v) is 3.52. The molecule has 1 aromatic rings. The van der Waals surface area contributed by atoms with Gasteiger partial charge in [-0.3, -0.25) is 10.1 Å². The molecule has 0 radical (unpaired) electrons. The number of nitrogens with one attached hydrogen (secondary N) is 1. The van der Waals surface area contributed by atoms with E-state index in [0.29, 0.717) is 11.7 Å². The first-order valence-corrected chi connectivity index (χ1v) is 4.66. The number of hydrogen-bond acceptors (Lipinski definition) is 4. The van der Waals surface area contributed by atoms with Crippen molar-refractivity contribution in [2.75, 3.05) is 5.32 Å². The summed E-state index contributed by atoms with van der Waals surface area (Å²) in [7, 11) is 0. The fourth-order valence-electron chi connectivity index (χ4n) is 1.33. The number of anilines is 1. The van der Waals surface area contributed by atoms with Crippen LogP contribution in [0.3, 0.4) is 0 Å². The lowest BCUT2D eigenvalue weighted by molar-refractivity contribution is -0.385. The van der Waals surface area contributed by atoms with Crippen LogP contribution in [0.1, 0.15) is 18.4 Å². The molecule has 5 nitrogen and oxygen atoms in total. The van der Waals surface area contributed by atoms with E-state index in [1.165, 1.54) is 12.1 Å². The van der Waals surface area contributed by atoms with Gasteiger partial charge < -0.3 is 5.32 Å². The first kappa shape index (κ1) is 9.46. The molecule has 5 heteroatoms. The molecule has 1 aliphatic carbocycles. The lowest BCUT2D eigenvalue weighted by Crippen LogP contribution is -2.02. The topological polar surface area (TPSA) is 79.0 Å². The minimum atomic E-state index is -0.531. The van der Waals surface area contributed by atoms with Crippen molar-refractivity contribution >= 4 is 11.4 Å². The fraction of sp³-hybridized carbons (Fsp3) is 0.300. The molecule has 0 atom stereocenters. The largest absolute Gasteiger partial charge is 0.382 e. The van der Waals surface area contributed by atoms with E-state index in [1.54, 1.807) is 12.1 Å². The molecule has 0 bridgehead atoms. The van der Waals surface area contributed by atoms with Crippen molar-refractivity contribution in [1.82, 2.24) is 0 Å². The fourth-order valence-corrected chi connectivity index (χ4v) is 1.33. The first-order valence-electron chi connectivity index (χ1n) is 4.66. The standard InChI is InChI=1S/C10H9N3O2/c11-6-7-1-2-9(12-8-3-4-8)5-10(7)13(14)15/h1-2,5,8,12H,3-4H2. The maximum Gasteiger partial charge on any atom is 0.289 e. The zero-order chi connectivity index (χ0) is 10.8. The SMILES string of the molecule is N#Cc1ccc(NC2CC2)cc1[N+](=O)[O-]. The number of nitriles is 1. The lowest BCUT2D eigenvalue weighted by atomic mass is 10.2. The molecule has 15 heavy (non-hydrogen) atoms. The molecule has 76 valence electrons. The van der Waals surface area contributed by atoms with Gasteiger partial charge >= 0.3 is 0 Å². The molecular formula is C10H9N3O2. The molecule has 0 amide bonds. The van der Waals surface area contributed by atoms with E-state index < -0.39 is 4.92 Å². The van der Waals surface area contributed by atoms with Crippen molar-refractivity contribution < 1.29 is 4.92 Å². The highest BCUT2D eigenvalue weighted by molar-refractivity contribution is 5.59. The van der Waals surface area contributed by atoms with E-state index in [2.05, 4.69) is 5.32 Å². The average molecular weight is 203 g/mol. The summed E-state index contributed by atoms with van der Waals surface area (Å²) in [5.41, 5.74) is 0.674. The van der Waals surface area contributed by atoms with E-state index in [1.807, 2.05) is 0 Å². The summed E-state index contributed by atoms with van der Waals surface area (Å²) in [6, 6.07) is 6.83. The maximum atomic E-state index is 10.7. The predicted octanol–water partition coefficient (Wildman–Crippen LogP) is 2.04. The number of nitro groups is 1. The van der Waals surface area contributed by atoms with Gasteiger partial charge in [0.15, 0.2) is 0 Å². The number of nitro benzene ring substituents is 1. The minimum Gasteiger partial charge on any atom is -0.382 e. The third-order valence-corrected chi connectivity index (χ3v) is 2.26. The highest BCUT2D eigenvalue weighted by Crippen LogP contribution is 2.28. The molecule has 0 heterocycles. The Morgan fingerprint density at radius 3 is 2.80 bits per heavy atom. The van der Waals surface area contributed by atoms with Gasteiger partial charge in [-0.05, 0) is 25.0 Å². The van der Waals surface area contributed by atoms with Crippen molar-refractivity contribution in [3.05, 3.63) is 33.9 Å². The molecule has 0 unspecified atom stereocenters. The van der Waals surface area contributed by atoms with Crippen LogP contribution >= 0.6 is 0 Å². The molecule has 1 aromatic carbocycles. The number of hydrogen-bond donors (Lipinski definition) is 1. The van der Waals surface area contributed by atoms with Gasteiger partial charge in [0.1, 0.15) is 11.6 Å². The number of nitrogens with zero attached hydrogens (tertiary/aromatic N) is 2. The summed E-state index contributed by atoms with van der Waals surface area (Å²) >= 11 is 0. The van der Waals surface area contributed by atoms with Crippen LogP contribution in [0.2, 0.25) is 0 Å². The quantitative estimate of drug-likeness (QED) is 0.602. The summed E-state index contributed by atoms with van der Waals surface area (Å²) in [6.07, 6.45) is 2.21. The van der Waals surface area contributed by atoms with Crippen LogP contribution in [0.5, 0.6) is 0 Å². The van der Waals surface area contributed by atoms with E-state index >= 15 is 0 Å². The molecule has 1 fully saturated rings. The van der Waals surface area contributed by atoms with Crippen LogP contribution in [0.4, 0.5) is 11.4 Å². The second kappa shape index (κ2) is 3.58. The highest BCUT2D eigenvalue weighted by atomic mass is 16.6. The lowest BCUT2D eigenvalue weighted by Gasteiger charge is -2.04. The first-order chi connectivity index (χ1) is 7.20. The van der Waals surface area contributed by atoms with E-state index in [-0.39, 0.29) is 11.3 Å². The van der Waals surface area contributed by atoms with Gasteiger partial charge in [0.05, 0.1) is 4.92 Å². The zero-order valence-electron chi connectivity index (χ0n) is 7.93. The van der Waals surface area contributed by atoms with E-state index in [0.717, 1.165) is 12.8 Å². The van der Waals surface area contributed by atoms with E-state index in [9.17, 15) is 10.1 Å². The number of rotatable bonds is 3. The van der Waals surface area contributed by atoms with Crippen molar-refractivity contribution in [2.24, 2.45) is 0 Å². The van der Waals surface area contributed by atoms with Crippen LogP contribution in [0, 0.1) is 21.4 Å². The Bertz CT molecular complexity index is 446. The van der Waals surface area contributed by atoms with Gasteiger partial charge in [0.25, 0.3) is 5.69 Å². The van der Waals surface area contributed by atoms with Crippen LogP contribution < -0.4 is 5.32 Å². The summed E-state index contributed by atoms with van der Waals surface area (Å²) in [4.78, 5) is 10.1. The third-order valence-electron chi connectivity index (χ3n) is 2.26. The summed E-state index contributed by atoms with van der Waals surface area (Å²) in [6.45, 7) is 0. The van der Waals surface area contributed by atoms with Crippen molar-refractivity contribution in [1.29, 1.82) is 5.26 Å². The summed E-state index contributed by atoms with van der Waals surface area (Å²) in [5.74, 6) is 0. The Labute approximate surface area is 86.5 Å². The monoisotopic (exact) mass is 203 g/mol. The molecule has 0 saturated heterocycles. The van der Waals surface area contributed by atoms with Crippen molar-refractivity contribution in [3.63, 3.8) is 0 Å². The van der Waals surface area contributed by atoms with Crippen LogP contribution in [0.25, 0.3) is 0 Å². The zero-order valence-corrected chi connectivity index (χ0v) is 7.93. The molecule has 1 aliphatic rings. The Balaban J connectivity index is 2.31. The van der Waals surface area contributed by atoms with Gasteiger partial charge in [-0.15, -0.1) is 0 Å².